The van der Waals surface area contributed by atoms with Crippen molar-refractivity contribution in [1.82, 2.24) is 4.57 Å². The summed E-state index contributed by atoms with van der Waals surface area (Å²) in [6, 6.07) is 3.70. The first-order chi connectivity index (χ1) is 13.8. The maximum atomic E-state index is 12.6. The van der Waals surface area contributed by atoms with Crippen molar-refractivity contribution in [2.45, 2.75) is 45.6 Å². The second-order valence-corrected chi connectivity index (χ2v) is 9.37. The van der Waals surface area contributed by atoms with Crippen LogP contribution in [0, 0.1) is 5.41 Å². The van der Waals surface area contributed by atoms with E-state index in [1.54, 1.807) is 0 Å². The number of carbonyl (C=O) groups is 1. The fraction of sp³-hybridized carbons (Fsp3) is 0.478. The molecule has 0 spiro atoms. The molecule has 1 unspecified atom stereocenters. The maximum Gasteiger partial charge on any atom is 0.341 e. The summed E-state index contributed by atoms with van der Waals surface area (Å²) in [5.41, 5.74) is 4.74. The average molecular weight is 395 g/mol. The van der Waals surface area contributed by atoms with E-state index in [1.807, 2.05) is 4.57 Å². The summed E-state index contributed by atoms with van der Waals surface area (Å²) in [6.07, 6.45) is 3.20. The summed E-state index contributed by atoms with van der Waals surface area (Å²) in [4.78, 5) is 24.2. The Morgan fingerprint density at radius 1 is 1.21 bits per heavy atom. The van der Waals surface area contributed by atoms with E-state index in [2.05, 4.69) is 26.8 Å². The molecule has 6 heteroatoms. The van der Waals surface area contributed by atoms with Crippen LogP contribution in [0.1, 0.15) is 59.8 Å². The highest BCUT2D eigenvalue weighted by molar-refractivity contribution is 5.88. The number of carboxylic acid groups (broad SMARTS) is 1. The zero-order valence-corrected chi connectivity index (χ0v) is 16.9. The molecule has 0 bridgehead atoms. The number of ether oxygens (including phenoxy) is 2. The molecular weight excluding hydrogens is 370 g/mol. The van der Waals surface area contributed by atoms with E-state index in [0.29, 0.717) is 25.7 Å². The number of aromatic nitrogens is 1. The lowest BCUT2D eigenvalue weighted by molar-refractivity contribution is 0.00752. The molecule has 4 heterocycles. The fourth-order valence-corrected chi connectivity index (χ4v) is 4.85. The highest BCUT2D eigenvalue weighted by atomic mass is 16.5. The van der Waals surface area contributed by atoms with Gasteiger partial charge in [0.2, 0.25) is 0 Å². The van der Waals surface area contributed by atoms with Crippen molar-refractivity contribution in [3.63, 3.8) is 0 Å². The van der Waals surface area contributed by atoms with E-state index in [0.717, 1.165) is 35.4 Å². The van der Waals surface area contributed by atoms with E-state index >= 15 is 0 Å². The van der Waals surface area contributed by atoms with Gasteiger partial charge in [-0.05, 0) is 23.5 Å². The predicted molar refractivity (Wildman–Crippen MR) is 108 cm³/mol. The van der Waals surface area contributed by atoms with Gasteiger partial charge in [0.1, 0.15) is 11.3 Å². The number of rotatable bonds is 2. The summed E-state index contributed by atoms with van der Waals surface area (Å²) in [6.45, 7) is 8.51. The Morgan fingerprint density at radius 2 is 1.97 bits per heavy atom. The Labute approximate surface area is 169 Å². The van der Waals surface area contributed by atoms with E-state index < -0.39 is 11.4 Å². The molecule has 3 aliphatic heterocycles. The minimum absolute atomic E-state index is 0.0475. The summed E-state index contributed by atoms with van der Waals surface area (Å²) >= 11 is 0. The van der Waals surface area contributed by atoms with Gasteiger partial charge in [-0.25, -0.2) is 4.79 Å². The van der Waals surface area contributed by atoms with Crippen LogP contribution in [-0.4, -0.2) is 35.5 Å². The molecular formula is C23H25NO5. The topological polar surface area (TPSA) is 77.8 Å². The van der Waals surface area contributed by atoms with Crippen molar-refractivity contribution in [2.75, 3.05) is 19.8 Å². The molecule has 1 fully saturated rings. The average Bonchev–Trinajstić information content (AvgIpc) is 3.08. The van der Waals surface area contributed by atoms with Crippen molar-refractivity contribution < 1.29 is 19.4 Å². The largest absolute Gasteiger partial charge is 0.493 e. The Balaban J connectivity index is 1.80. The molecule has 0 amide bonds. The molecule has 29 heavy (non-hydrogen) atoms. The molecule has 1 N–H and O–H groups in total. The molecule has 6 nitrogen and oxygen atoms in total. The Hall–Kier alpha value is -2.60. The van der Waals surface area contributed by atoms with Gasteiger partial charge in [0, 0.05) is 47.3 Å². The lowest BCUT2D eigenvalue weighted by Gasteiger charge is -2.40. The number of benzene rings is 1. The number of pyridine rings is 1. The monoisotopic (exact) mass is 395 g/mol. The van der Waals surface area contributed by atoms with Gasteiger partial charge in [-0.3, -0.25) is 4.79 Å². The van der Waals surface area contributed by atoms with Gasteiger partial charge < -0.3 is 19.1 Å². The van der Waals surface area contributed by atoms with Crippen LogP contribution in [0.3, 0.4) is 0 Å². The number of fused-ring (bicyclic) bond motifs is 5. The summed E-state index contributed by atoms with van der Waals surface area (Å²) in [5.74, 6) is 0.132. The Bertz CT molecular complexity index is 1090. The van der Waals surface area contributed by atoms with Crippen molar-refractivity contribution in [3.05, 3.63) is 50.8 Å². The molecule has 0 radical (unpaired) electrons. The van der Waals surface area contributed by atoms with Gasteiger partial charge >= 0.3 is 5.97 Å². The third-order valence-corrected chi connectivity index (χ3v) is 6.52. The first-order valence-corrected chi connectivity index (χ1v) is 10.1. The lowest BCUT2D eigenvalue weighted by Crippen LogP contribution is -2.33. The maximum absolute atomic E-state index is 12.6. The van der Waals surface area contributed by atoms with Crippen LogP contribution < -0.4 is 10.2 Å². The number of carboxylic acids is 1. The highest BCUT2D eigenvalue weighted by Crippen LogP contribution is 2.49. The molecule has 1 aromatic heterocycles. The lowest BCUT2D eigenvalue weighted by atomic mass is 9.76. The Morgan fingerprint density at radius 3 is 2.59 bits per heavy atom. The molecule has 0 aliphatic carbocycles. The SMILES string of the molecule is CC(C)(C)C1Cc2c(cc(C3COC3)c3c2CCO3)-c2cc(=O)c(C(=O)O)cn21. The molecule has 1 atom stereocenters. The molecule has 1 aromatic carbocycles. The van der Waals surface area contributed by atoms with E-state index in [4.69, 9.17) is 9.47 Å². The predicted octanol–water partition coefficient (Wildman–Crippen LogP) is 3.41. The number of aromatic carboxylic acids is 1. The summed E-state index contributed by atoms with van der Waals surface area (Å²) in [7, 11) is 0. The molecule has 5 rings (SSSR count). The first kappa shape index (κ1) is 18.4. The third kappa shape index (κ3) is 2.73. The molecule has 2 aromatic rings. The van der Waals surface area contributed by atoms with E-state index in [9.17, 15) is 14.7 Å². The number of nitrogens with zero attached hydrogens (tertiary/aromatic N) is 1. The first-order valence-electron chi connectivity index (χ1n) is 10.1. The zero-order chi connectivity index (χ0) is 20.5. The van der Waals surface area contributed by atoms with Crippen molar-refractivity contribution >= 4 is 5.97 Å². The van der Waals surface area contributed by atoms with Crippen LogP contribution in [0.15, 0.2) is 23.1 Å². The van der Waals surface area contributed by atoms with Gasteiger partial charge in [-0.15, -0.1) is 0 Å². The van der Waals surface area contributed by atoms with E-state index in [1.165, 1.54) is 23.4 Å². The smallest absolute Gasteiger partial charge is 0.341 e. The summed E-state index contributed by atoms with van der Waals surface area (Å²) < 4.78 is 13.5. The van der Waals surface area contributed by atoms with Crippen LogP contribution in [0.2, 0.25) is 0 Å². The number of hydrogen-bond acceptors (Lipinski definition) is 4. The molecule has 1 saturated heterocycles. The Kier molecular flexibility index (Phi) is 3.94. The number of hydrogen-bond donors (Lipinski definition) is 1. The van der Waals surface area contributed by atoms with Crippen molar-refractivity contribution in [1.29, 1.82) is 0 Å². The van der Waals surface area contributed by atoms with Gasteiger partial charge in [-0.1, -0.05) is 20.8 Å². The van der Waals surface area contributed by atoms with Crippen LogP contribution in [-0.2, 0) is 17.6 Å². The quantitative estimate of drug-likeness (QED) is 0.843. The van der Waals surface area contributed by atoms with Gasteiger partial charge in [-0.2, -0.15) is 0 Å². The fourth-order valence-electron chi connectivity index (χ4n) is 4.85. The minimum atomic E-state index is -1.18. The van der Waals surface area contributed by atoms with Crippen LogP contribution in [0.5, 0.6) is 5.75 Å². The van der Waals surface area contributed by atoms with Crippen molar-refractivity contribution in [3.8, 4) is 17.0 Å². The standard InChI is InChI=1S/C23H25NO5/c1-23(2,3)20-7-15-13-4-5-29-21(13)14(12-10-28-11-12)6-16(15)18-8-19(25)17(22(26)27)9-24(18)20/h6,8-9,12,20H,4-5,7,10-11H2,1-3H3,(H,26,27). The second kappa shape index (κ2) is 6.20. The molecule has 0 saturated carbocycles. The van der Waals surface area contributed by atoms with Crippen LogP contribution in [0.4, 0.5) is 0 Å². The van der Waals surface area contributed by atoms with Gasteiger partial charge in [0.25, 0.3) is 0 Å². The van der Waals surface area contributed by atoms with Crippen LogP contribution >= 0.6 is 0 Å². The zero-order valence-electron chi connectivity index (χ0n) is 16.9. The molecule has 152 valence electrons. The summed E-state index contributed by atoms with van der Waals surface area (Å²) in [5, 5.41) is 9.49. The second-order valence-electron chi connectivity index (χ2n) is 9.37. The highest BCUT2D eigenvalue weighted by Gasteiger charge is 2.38. The minimum Gasteiger partial charge on any atom is -0.493 e. The van der Waals surface area contributed by atoms with E-state index in [-0.39, 0.29) is 17.0 Å². The van der Waals surface area contributed by atoms with Gasteiger partial charge in [0.05, 0.1) is 25.5 Å². The molecule has 3 aliphatic rings. The van der Waals surface area contributed by atoms with Crippen molar-refractivity contribution in [2.24, 2.45) is 5.41 Å². The van der Waals surface area contributed by atoms with Gasteiger partial charge in [0.15, 0.2) is 5.43 Å². The normalized spacial score (nSPS) is 20.3. The third-order valence-electron chi connectivity index (χ3n) is 6.52. The van der Waals surface area contributed by atoms with Crippen LogP contribution in [0.25, 0.3) is 11.3 Å².